The van der Waals surface area contributed by atoms with E-state index in [1.807, 2.05) is 0 Å². The van der Waals surface area contributed by atoms with Crippen molar-refractivity contribution in [3.63, 3.8) is 0 Å². The van der Waals surface area contributed by atoms with E-state index in [4.69, 9.17) is 0 Å². The standard InChI is InChI=1S/C13H16FNO/c1-9-6-15(7-10(9)2)13-4-11(8-16)3-12(14)5-13/h3-5,8-10H,6-7H2,1-2H3. The second kappa shape index (κ2) is 4.24. The SMILES string of the molecule is CC1CN(c2cc(F)cc(C=O)c2)CC1C. The van der Waals surface area contributed by atoms with Crippen LogP contribution < -0.4 is 4.90 Å². The number of rotatable bonds is 2. The van der Waals surface area contributed by atoms with Gasteiger partial charge in [-0.2, -0.15) is 0 Å². The molecule has 0 amide bonds. The lowest BCUT2D eigenvalue weighted by molar-refractivity contribution is 0.112. The van der Waals surface area contributed by atoms with Crippen LogP contribution in [0.15, 0.2) is 18.2 Å². The van der Waals surface area contributed by atoms with Crippen molar-refractivity contribution in [2.24, 2.45) is 11.8 Å². The van der Waals surface area contributed by atoms with Crippen molar-refractivity contribution in [1.82, 2.24) is 0 Å². The summed E-state index contributed by atoms with van der Waals surface area (Å²) in [6.45, 7) is 6.26. The maximum atomic E-state index is 13.3. The molecule has 1 aromatic rings. The van der Waals surface area contributed by atoms with Crippen molar-refractivity contribution >= 4 is 12.0 Å². The molecule has 1 fully saturated rings. The van der Waals surface area contributed by atoms with E-state index in [0.717, 1.165) is 18.8 Å². The molecule has 2 unspecified atom stereocenters. The number of benzene rings is 1. The lowest BCUT2D eigenvalue weighted by Crippen LogP contribution is -2.19. The maximum absolute atomic E-state index is 13.3. The maximum Gasteiger partial charge on any atom is 0.150 e. The van der Waals surface area contributed by atoms with Crippen LogP contribution in [-0.2, 0) is 0 Å². The van der Waals surface area contributed by atoms with Crippen LogP contribution in [0.25, 0.3) is 0 Å². The molecule has 0 N–H and O–H groups in total. The van der Waals surface area contributed by atoms with E-state index in [-0.39, 0.29) is 5.82 Å². The van der Waals surface area contributed by atoms with E-state index in [2.05, 4.69) is 18.7 Å². The summed E-state index contributed by atoms with van der Waals surface area (Å²) in [7, 11) is 0. The van der Waals surface area contributed by atoms with Crippen LogP contribution >= 0.6 is 0 Å². The molecule has 2 nitrogen and oxygen atoms in total. The molecule has 0 spiro atoms. The minimum absolute atomic E-state index is 0.341. The first-order chi connectivity index (χ1) is 7.60. The third kappa shape index (κ3) is 2.08. The summed E-state index contributed by atoms with van der Waals surface area (Å²) in [6.07, 6.45) is 0.690. The van der Waals surface area contributed by atoms with Gasteiger partial charge in [-0.15, -0.1) is 0 Å². The van der Waals surface area contributed by atoms with Gasteiger partial charge in [-0.1, -0.05) is 13.8 Å². The van der Waals surface area contributed by atoms with Gasteiger partial charge in [0.1, 0.15) is 12.1 Å². The Morgan fingerprint density at radius 1 is 1.25 bits per heavy atom. The summed E-state index contributed by atoms with van der Waals surface area (Å²) in [5, 5.41) is 0. The van der Waals surface area contributed by atoms with Crippen molar-refractivity contribution in [2.45, 2.75) is 13.8 Å². The highest BCUT2D eigenvalue weighted by molar-refractivity contribution is 5.77. The van der Waals surface area contributed by atoms with Gasteiger partial charge in [0.05, 0.1) is 0 Å². The van der Waals surface area contributed by atoms with Gasteiger partial charge >= 0.3 is 0 Å². The van der Waals surface area contributed by atoms with Crippen molar-refractivity contribution in [1.29, 1.82) is 0 Å². The van der Waals surface area contributed by atoms with Gasteiger partial charge in [0.15, 0.2) is 0 Å². The summed E-state index contributed by atoms with van der Waals surface area (Å²) in [5.74, 6) is 0.887. The van der Waals surface area contributed by atoms with E-state index in [1.54, 1.807) is 6.07 Å². The predicted octanol–water partition coefficient (Wildman–Crippen LogP) is 2.73. The zero-order valence-electron chi connectivity index (χ0n) is 9.61. The first-order valence-electron chi connectivity index (χ1n) is 5.61. The molecule has 1 heterocycles. The highest BCUT2D eigenvalue weighted by Gasteiger charge is 2.26. The smallest absolute Gasteiger partial charge is 0.150 e. The summed E-state index contributed by atoms with van der Waals surface area (Å²) in [4.78, 5) is 12.8. The van der Waals surface area contributed by atoms with Gasteiger partial charge in [-0.3, -0.25) is 4.79 Å². The molecular weight excluding hydrogens is 205 g/mol. The van der Waals surface area contributed by atoms with E-state index in [1.165, 1.54) is 12.1 Å². The Morgan fingerprint density at radius 3 is 2.44 bits per heavy atom. The summed E-state index contributed by atoms with van der Waals surface area (Å²) >= 11 is 0. The third-order valence-electron chi connectivity index (χ3n) is 3.39. The van der Waals surface area contributed by atoms with Crippen LogP contribution in [0.4, 0.5) is 10.1 Å². The van der Waals surface area contributed by atoms with Crippen LogP contribution in [0.5, 0.6) is 0 Å². The monoisotopic (exact) mass is 221 g/mol. The molecule has 1 aromatic carbocycles. The highest BCUT2D eigenvalue weighted by atomic mass is 19.1. The summed E-state index contributed by atoms with van der Waals surface area (Å²) in [6, 6.07) is 4.51. The third-order valence-corrected chi connectivity index (χ3v) is 3.39. The van der Waals surface area contributed by atoms with Crippen LogP contribution in [0, 0.1) is 17.7 Å². The average Bonchev–Trinajstić information content (AvgIpc) is 2.58. The summed E-state index contributed by atoms with van der Waals surface area (Å²) < 4.78 is 13.3. The number of carbonyl (C=O) groups excluding carboxylic acids is 1. The Balaban J connectivity index is 2.27. The van der Waals surface area contributed by atoms with E-state index < -0.39 is 0 Å². The fourth-order valence-electron chi connectivity index (χ4n) is 2.19. The number of carbonyl (C=O) groups is 1. The normalized spacial score (nSPS) is 24.8. The molecule has 16 heavy (non-hydrogen) atoms. The topological polar surface area (TPSA) is 20.3 Å². The number of nitrogens with zero attached hydrogens (tertiary/aromatic N) is 1. The molecule has 0 aromatic heterocycles. The minimum atomic E-state index is -0.341. The first-order valence-corrected chi connectivity index (χ1v) is 5.61. The largest absolute Gasteiger partial charge is 0.371 e. The van der Waals surface area contributed by atoms with Crippen LogP contribution in [0.3, 0.4) is 0 Å². The fraction of sp³-hybridized carbons (Fsp3) is 0.462. The molecule has 2 atom stereocenters. The Hall–Kier alpha value is -1.38. The Bertz CT molecular complexity index is 395. The molecule has 0 bridgehead atoms. The minimum Gasteiger partial charge on any atom is -0.371 e. The zero-order chi connectivity index (χ0) is 11.7. The highest BCUT2D eigenvalue weighted by Crippen LogP contribution is 2.28. The molecule has 1 aliphatic heterocycles. The van der Waals surface area contributed by atoms with Crippen LogP contribution in [-0.4, -0.2) is 19.4 Å². The number of halogens is 1. The zero-order valence-corrected chi connectivity index (χ0v) is 9.61. The van der Waals surface area contributed by atoms with Gasteiger partial charge in [-0.05, 0) is 30.0 Å². The van der Waals surface area contributed by atoms with Crippen molar-refractivity contribution in [3.8, 4) is 0 Å². The Labute approximate surface area is 95.1 Å². The van der Waals surface area contributed by atoms with E-state index >= 15 is 0 Å². The second-order valence-corrected chi connectivity index (χ2v) is 4.72. The number of hydrogen-bond donors (Lipinski definition) is 0. The molecule has 1 saturated heterocycles. The Kier molecular flexibility index (Phi) is 2.95. The van der Waals surface area contributed by atoms with Crippen molar-refractivity contribution in [3.05, 3.63) is 29.6 Å². The second-order valence-electron chi connectivity index (χ2n) is 4.72. The lowest BCUT2D eigenvalue weighted by Gasteiger charge is -2.18. The molecule has 0 radical (unpaired) electrons. The molecule has 3 heteroatoms. The average molecular weight is 221 g/mol. The number of anilines is 1. The van der Waals surface area contributed by atoms with Gasteiger partial charge < -0.3 is 4.90 Å². The lowest BCUT2D eigenvalue weighted by atomic mass is 10.0. The molecule has 0 aliphatic carbocycles. The number of hydrogen-bond acceptors (Lipinski definition) is 2. The van der Waals surface area contributed by atoms with Crippen LogP contribution in [0.1, 0.15) is 24.2 Å². The van der Waals surface area contributed by atoms with E-state index in [9.17, 15) is 9.18 Å². The fourth-order valence-corrected chi connectivity index (χ4v) is 2.19. The molecule has 86 valence electrons. The van der Waals surface area contributed by atoms with Gasteiger partial charge in [0, 0.05) is 24.3 Å². The predicted molar refractivity (Wildman–Crippen MR) is 62.3 cm³/mol. The van der Waals surface area contributed by atoms with E-state index in [0.29, 0.717) is 23.7 Å². The molecule has 0 saturated carbocycles. The summed E-state index contributed by atoms with van der Waals surface area (Å²) in [5.41, 5.74) is 1.22. The van der Waals surface area contributed by atoms with Gasteiger partial charge in [0.2, 0.25) is 0 Å². The quantitative estimate of drug-likeness (QED) is 0.716. The van der Waals surface area contributed by atoms with Gasteiger partial charge in [0.25, 0.3) is 0 Å². The molecule has 2 rings (SSSR count). The Morgan fingerprint density at radius 2 is 1.88 bits per heavy atom. The van der Waals surface area contributed by atoms with Gasteiger partial charge in [-0.25, -0.2) is 4.39 Å². The van der Waals surface area contributed by atoms with Crippen molar-refractivity contribution < 1.29 is 9.18 Å². The van der Waals surface area contributed by atoms with Crippen molar-refractivity contribution in [2.75, 3.05) is 18.0 Å². The van der Waals surface area contributed by atoms with Crippen LogP contribution in [0.2, 0.25) is 0 Å². The first kappa shape index (κ1) is 11.1. The molecular formula is C13H16FNO. The molecule has 1 aliphatic rings. The number of aldehydes is 1.